The van der Waals surface area contributed by atoms with Crippen molar-refractivity contribution in [2.75, 3.05) is 18.9 Å². The van der Waals surface area contributed by atoms with Crippen molar-refractivity contribution in [2.24, 2.45) is 0 Å². The SMILES string of the molecule is Cl.Nc1ccccc1C(=O)NC1CCOCC1. The molecule has 0 aliphatic carbocycles. The average Bonchev–Trinajstić information content (AvgIpc) is 2.31. The highest BCUT2D eigenvalue weighted by atomic mass is 35.5. The fourth-order valence-electron chi connectivity index (χ4n) is 1.81. The van der Waals surface area contributed by atoms with E-state index in [9.17, 15) is 4.79 Å². The molecule has 4 nitrogen and oxygen atoms in total. The van der Waals surface area contributed by atoms with E-state index >= 15 is 0 Å². The highest BCUT2D eigenvalue weighted by molar-refractivity contribution is 5.99. The number of halogens is 1. The van der Waals surface area contributed by atoms with Crippen LogP contribution in [0.3, 0.4) is 0 Å². The Kier molecular flexibility index (Phi) is 5.25. The first kappa shape index (κ1) is 13.8. The molecule has 1 aromatic carbocycles. The average molecular weight is 257 g/mol. The molecule has 0 bridgehead atoms. The van der Waals surface area contributed by atoms with Gasteiger partial charge < -0.3 is 15.8 Å². The second kappa shape index (κ2) is 6.47. The molecular formula is C12H17ClN2O2. The fraction of sp³-hybridized carbons (Fsp3) is 0.417. The molecule has 1 aliphatic heterocycles. The molecule has 0 aromatic heterocycles. The summed E-state index contributed by atoms with van der Waals surface area (Å²) in [5.41, 5.74) is 6.81. The molecule has 17 heavy (non-hydrogen) atoms. The van der Waals surface area contributed by atoms with Crippen LogP contribution in [0.4, 0.5) is 5.69 Å². The summed E-state index contributed by atoms with van der Waals surface area (Å²) in [4.78, 5) is 11.9. The van der Waals surface area contributed by atoms with Crippen molar-refractivity contribution in [3.8, 4) is 0 Å². The smallest absolute Gasteiger partial charge is 0.253 e. The van der Waals surface area contributed by atoms with Crippen molar-refractivity contribution in [2.45, 2.75) is 18.9 Å². The number of para-hydroxylation sites is 1. The zero-order valence-electron chi connectivity index (χ0n) is 9.52. The number of benzene rings is 1. The third-order valence-corrected chi connectivity index (χ3v) is 2.76. The molecular weight excluding hydrogens is 240 g/mol. The summed E-state index contributed by atoms with van der Waals surface area (Å²) in [6.45, 7) is 1.43. The minimum Gasteiger partial charge on any atom is -0.398 e. The molecule has 1 aromatic rings. The van der Waals surface area contributed by atoms with Crippen LogP contribution in [-0.2, 0) is 4.74 Å². The van der Waals surface area contributed by atoms with Gasteiger partial charge in [-0.05, 0) is 25.0 Å². The normalized spacial score (nSPS) is 16.0. The maximum Gasteiger partial charge on any atom is 0.253 e. The van der Waals surface area contributed by atoms with Crippen molar-refractivity contribution in [3.05, 3.63) is 29.8 Å². The standard InChI is InChI=1S/C12H16N2O2.ClH/c13-11-4-2-1-3-10(11)12(15)14-9-5-7-16-8-6-9;/h1-4,9H,5-8,13H2,(H,14,15);1H. The van der Waals surface area contributed by atoms with E-state index in [-0.39, 0.29) is 24.4 Å². The Morgan fingerprint density at radius 2 is 1.94 bits per heavy atom. The Bertz CT molecular complexity index is 379. The number of nitrogens with two attached hydrogens (primary N) is 1. The van der Waals surface area contributed by atoms with Gasteiger partial charge in [0.2, 0.25) is 0 Å². The highest BCUT2D eigenvalue weighted by Gasteiger charge is 2.17. The minimum atomic E-state index is -0.0926. The molecule has 0 saturated carbocycles. The van der Waals surface area contributed by atoms with Crippen molar-refractivity contribution >= 4 is 24.0 Å². The van der Waals surface area contributed by atoms with Crippen LogP contribution >= 0.6 is 12.4 Å². The number of carbonyl (C=O) groups excluding carboxylic acids is 1. The summed E-state index contributed by atoms with van der Waals surface area (Å²) in [5.74, 6) is -0.0926. The van der Waals surface area contributed by atoms with Crippen LogP contribution in [0.15, 0.2) is 24.3 Å². The van der Waals surface area contributed by atoms with Gasteiger partial charge in [-0.3, -0.25) is 4.79 Å². The van der Waals surface area contributed by atoms with Crippen LogP contribution in [-0.4, -0.2) is 25.2 Å². The Hall–Kier alpha value is -1.26. The first-order chi connectivity index (χ1) is 7.77. The summed E-state index contributed by atoms with van der Waals surface area (Å²) in [6.07, 6.45) is 1.75. The van der Waals surface area contributed by atoms with Gasteiger partial charge in [-0.1, -0.05) is 12.1 Å². The number of carbonyl (C=O) groups is 1. The maximum absolute atomic E-state index is 11.9. The predicted octanol–water partition coefficient (Wildman–Crippen LogP) is 1.60. The lowest BCUT2D eigenvalue weighted by Gasteiger charge is -2.23. The molecule has 1 fully saturated rings. The van der Waals surface area contributed by atoms with Gasteiger partial charge in [0.1, 0.15) is 0 Å². The third-order valence-electron chi connectivity index (χ3n) is 2.76. The Morgan fingerprint density at radius 3 is 2.59 bits per heavy atom. The molecule has 3 N–H and O–H groups in total. The van der Waals surface area contributed by atoms with Crippen LogP contribution in [0.1, 0.15) is 23.2 Å². The number of ether oxygens (including phenoxy) is 1. The quantitative estimate of drug-likeness (QED) is 0.790. The number of anilines is 1. The number of nitrogen functional groups attached to an aromatic ring is 1. The summed E-state index contributed by atoms with van der Waals surface area (Å²) in [7, 11) is 0. The summed E-state index contributed by atoms with van der Waals surface area (Å²) >= 11 is 0. The van der Waals surface area contributed by atoms with E-state index in [2.05, 4.69) is 5.32 Å². The Balaban J connectivity index is 0.00000144. The van der Waals surface area contributed by atoms with Gasteiger partial charge in [0.25, 0.3) is 5.91 Å². The van der Waals surface area contributed by atoms with Gasteiger partial charge in [0, 0.05) is 24.9 Å². The Morgan fingerprint density at radius 1 is 1.29 bits per heavy atom. The third kappa shape index (κ3) is 3.61. The molecule has 0 radical (unpaired) electrons. The van der Waals surface area contributed by atoms with Gasteiger partial charge in [0.05, 0.1) is 5.56 Å². The number of hydrogen-bond donors (Lipinski definition) is 2. The lowest BCUT2D eigenvalue weighted by molar-refractivity contribution is 0.0697. The van der Waals surface area contributed by atoms with E-state index in [1.165, 1.54) is 0 Å². The largest absolute Gasteiger partial charge is 0.398 e. The summed E-state index contributed by atoms with van der Waals surface area (Å²) in [6, 6.07) is 7.32. The topological polar surface area (TPSA) is 64.4 Å². The fourth-order valence-corrected chi connectivity index (χ4v) is 1.81. The number of amides is 1. The highest BCUT2D eigenvalue weighted by Crippen LogP contribution is 2.12. The number of hydrogen-bond acceptors (Lipinski definition) is 3. The Labute approximate surface area is 107 Å². The summed E-state index contributed by atoms with van der Waals surface area (Å²) < 4.78 is 5.23. The molecule has 0 spiro atoms. The molecule has 1 aliphatic rings. The molecule has 0 atom stereocenters. The predicted molar refractivity (Wildman–Crippen MR) is 69.4 cm³/mol. The van der Waals surface area contributed by atoms with Gasteiger partial charge >= 0.3 is 0 Å². The number of rotatable bonds is 2. The monoisotopic (exact) mass is 256 g/mol. The number of nitrogens with one attached hydrogen (secondary N) is 1. The van der Waals surface area contributed by atoms with Crippen LogP contribution in [0, 0.1) is 0 Å². The van der Waals surface area contributed by atoms with E-state index in [0.29, 0.717) is 11.3 Å². The van der Waals surface area contributed by atoms with Crippen molar-refractivity contribution in [3.63, 3.8) is 0 Å². The first-order valence-electron chi connectivity index (χ1n) is 5.50. The van der Waals surface area contributed by atoms with E-state index in [1.54, 1.807) is 12.1 Å². The zero-order valence-corrected chi connectivity index (χ0v) is 10.3. The molecule has 1 heterocycles. The van der Waals surface area contributed by atoms with E-state index < -0.39 is 0 Å². The van der Waals surface area contributed by atoms with E-state index in [1.807, 2.05) is 12.1 Å². The lowest BCUT2D eigenvalue weighted by Crippen LogP contribution is -2.39. The molecule has 2 rings (SSSR count). The van der Waals surface area contributed by atoms with Gasteiger partial charge in [-0.2, -0.15) is 0 Å². The van der Waals surface area contributed by atoms with Gasteiger partial charge in [-0.15, -0.1) is 12.4 Å². The van der Waals surface area contributed by atoms with E-state index in [4.69, 9.17) is 10.5 Å². The second-order valence-corrected chi connectivity index (χ2v) is 3.95. The molecule has 0 unspecified atom stereocenters. The van der Waals surface area contributed by atoms with Crippen molar-refractivity contribution < 1.29 is 9.53 Å². The lowest BCUT2D eigenvalue weighted by atomic mass is 10.1. The zero-order chi connectivity index (χ0) is 11.4. The van der Waals surface area contributed by atoms with Crippen molar-refractivity contribution in [1.29, 1.82) is 0 Å². The molecule has 1 amide bonds. The van der Waals surface area contributed by atoms with Crippen LogP contribution < -0.4 is 11.1 Å². The summed E-state index contributed by atoms with van der Waals surface area (Å²) in [5, 5.41) is 2.98. The minimum absolute atomic E-state index is 0. The van der Waals surface area contributed by atoms with Crippen LogP contribution in [0.2, 0.25) is 0 Å². The van der Waals surface area contributed by atoms with E-state index in [0.717, 1.165) is 26.1 Å². The maximum atomic E-state index is 11.9. The van der Waals surface area contributed by atoms with Crippen molar-refractivity contribution in [1.82, 2.24) is 5.32 Å². The molecule has 5 heteroatoms. The first-order valence-corrected chi connectivity index (χ1v) is 5.50. The van der Waals surface area contributed by atoms with Crippen LogP contribution in [0.5, 0.6) is 0 Å². The van der Waals surface area contributed by atoms with Crippen LogP contribution in [0.25, 0.3) is 0 Å². The second-order valence-electron chi connectivity index (χ2n) is 3.95. The molecule has 94 valence electrons. The van der Waals surface area contributed by atoms with Gasteiger partial charge in [0.15, 0.2) is 0 Å². The molecule has 1 saturated heterocycles. The van der Waals surface area contributed by atoms with Gasteiger partial charge in [-0.25, -0.2) is 0 Å².